The smallest absolute Gasteiger partial charge is 0.165 e. The molecule has 1 aliphatic rings. The highest BCUT2D eigenvalue weighted by atomic mass is 16.5. The highest BCUT2D eigenvalue weighted by Crippen LogP contribution is 2.11. The predicted octanol–water partition coefficient (Wildman–Crippen LogP) is 0.879. The van der Waals surface area contributed by atoms with Gasteiger partial charge in [-0.3, -0.25) is 9.58 Å². The average molecular weight is 319 g/mol. The molecule has 126 valence electrons. The molecule has 2 aromatic rings. The minimum Gasteiger partial charge on any atom is -0.374 e. The fourth-order valence-electron chi connectivity index (χ4n) is 2.83. The van der Waals surface area contributed by atoms with Gasteiger partial charge in [0, 0.05) is 25.8 Å². The van der Waals surface area contributed by atoms with E-state index in [-0.39, 0.29) is 6.10 Å². The molecule has 1 aliphatic heterocycles. The minimum atomic E-state index is 0.156. The zero-order valence-corrected chi connectivity index (χ0v) is 13.9. The molecule has 0 aromatic carbocycles. The van der Waals surface area contributed by atoms with Gasteiger partial charge in [-0.1, -0.05) is 13.3 Å². The Morgan fingerprint density at radius 3 is 3.09 bits per heavy atom. The third-order valence-electron chi connectivity index (χ3n) is 4.07. The zero-order valence-electron chi connectivity index (χ0n) is 13.9. The van der Waals surface area contributed by atoms with Crippen molar-refractivity contribution in [1.29, 1.82) is 0 Å². The Labute approximate surface area is 136 Å². The number of ether oxygens (including phenoxy) is 1. The van der Waals surface area contributed by atoms with E-state index in [9.17, 15) is 0 Å². The van der Waals surface area contributed by atoms with Gasteiger partial charge in [-0.05, 0) is 29.3 Å². The summed E-state index contributed by atoms with van der Waals surface area (Å²) in [6.07, 6.45) is 6.32. The van der Waals surface area contributed by atoms with E-state index < -0.39 is 0 Å². The lowest BCUT2D eigenvalue weighted by molar-refractivity contribution is -0.0412. The van der Waals surface area contributed by atoms with Crippen LogP contribution in [0.3, 0.4) is 0 Å². The van der Waals surface area contributed by atoms with E-state index >= 15 is 0 Å². The van der Waals surface area contributed by atoms with E-state index in [1.807, 2.05) is 28.7 Å². The van der Waals surface area contributed by atoms with Gasteiger partial charge in [0.2, 0.25) is 0 Å². The Balaban J connectivity index is 1.55. The van der Waals surface area contributed by atoms with Gasteiger partial charge < -0.3 is 4.74 Å². The third kappa shape index (κ3) is 4.35. The van der Waals surface area contributed by atoms with Gasteiger partial charge in [0.25, 0.3) is 0 Å². The highest BCUT2D eigenvalue weighted by Gasteiger charge is 2.22. The minimum absolute atomic E-state index is 0.156. The van der Waals surface area contributed by atoms with Gasteiger partial charge in [-0.15, -0.1) is 5.10 Å². The van der Waals surface area contributed by atoms with Crippen molar-refractivity contribution in [3.8, 4) is 0 Å². The number of nitrogens with zero attached hydrogens (tertiary/aromatic N) is 7. The number of morpholine rings is 1. The standard InChI is InChI=1S/C15H25N7O/c1-3-4-5-22-15(17-18-19-22)12-20-6-7-23-14(10-20)11-21-9-13(2)8-16-21/h8-9,14H,3-7,10-12H2,1-2H3. The number of tetrazole rings is 1. The highest BCUT2D eigenvalue weighted by molar-refractivity contribution is 4.99. The van der Waals surface area contributed by atoms with Crippen LogP contribution in [0.4, 0.5) is 0 Å². The summed E-state index contributed by atoms with van der Waals surface area (Å²) in [5, 5.41) is 16.4. The number of unbranched alkanes of at least 4 members (excludes halogenated alkanes) is 1. The lowest BCUT2D eigenvalue weighted by Crippen LogP contribution is -2.44. The lowest BCUT2D eigenvalue weighted by Gasteiger charge is -2.32. The number of aromatic nitrogens is 6. The van der Waals surface area contributed by atoms with E-state index in [2.05, 4.69) is 32.4 Å². The van der Waals surface area contributed by atoms with Gasteiger partial charge in [-0.2, -0.15) is 5.10 Å². The molecule has 0 radical (unpaired) electrons. The molecule has 23 heavy (non-hydrogen) atoms. The van der Waals surface area contributed by atoms with Crippen LogP contribution in [0.1, 0.15) is 31.2 Å². The average Bonchev–Trinajstić information content (AvgIpc) is 3.15. The van der Waals surface area contributed by atoms with E-state index in [1.165, 1.54) is 5.56 Å². The van der Waals surface area contributed by atoms with Crippen molar-refractivity contribution in [2.45, 2.75) is 52.4 Å². The Hall–Kier alpha value is -1.80. The van der Waals surface area contributed by atoms with Crippen LogP contribution in [0.15, 0.2) is 12.4 Å². The molecule has 1 atom stereocenters. The number of aryl methyl sites for hydroxylation is 2. The Morgan fingerprint density at radius 1 is 1.39 bits per heavy atom. The van der Waals surface area contributed by atoms with Crippen molar-refractivity contribution in [3.05, 3.63) is 23.8 Å². The molecule has 0 saturated carbocycles. The summed E-state index contributed by atoms with van der Waals surface area (Å²) in [5.41, 5.74) is 1.17. The Bertz CT molecular complexity index is 608. The first kappa shape index (κ1) is 16.1. The molecule has 1 fully saturated rings. The molecule has 0 aliphatic carbocycles. The maximum absolute atomic E-state index is 5.87. The SMILES string of the molecule is CCCCn1nnnc1CN1CCOC(Cn2cc(C)cn2)C1. The molecular formula is C15H25N7O. The monoisotopic (exact) mass is 319 g/mol. The Morgan fingerprint density at radius 2 is 2.30 bits per heavy atom. The first-order valence-electron chi connectivity index (χ1n) is 8.32. The predicted molar refractivity (Wildman–Crippen MR) is 84.7 cm³/mol. The molecule has 1 unspecified atom stereocenters. The number of rotatable bonds is 7. The van der Waals surface area contributed by atoms with Crippen LogP contribution in [0.25, 0.3) is 0 Å². The molecule has 3 heterocycles. The molecule has 1 saturated heterocycles. The van der Waals surface area contributed by atoms with Crippen LogP contribution >= 0.6 is 0 Å². The first-order valence-corrected chi connectivity index (χ1v) is 8.32. The van der Waals surface area contributed by atoms with Gasteiger partial charge >= 0.3 is 0 Å². The summed E-state index contributed by atoms with van der Waals surface area (Å²) in [7, 11) is 0. The van der Waals surface area contributed by atoms with Crippen LogP contribution in [0.5, 0.6) is 0 Å². The van der Waals surface area contributed by atoms with Crippen molar-refractivity contribution < 1.29 is 4.74 Å². The van der Waals surface area contributed by atoms with E-state index in [1.54, 1.807) is 0 Å². The topological polar surface area (TPSA) is 73.9 Å². The molecule has 0 spiro atoms. The molecular weight excluding hydrogens is 294 g/mol. The van der Waals surface area contributed by atoms with Gasteiger partial charge in [0.15, 0.2) is 5.82 Å². The number of hydrogen-bond acceptors (Lipinski definition) is 6. The lowest BCUT2D eigenvalue weighted by atomic mass is 10.2. The third-order valence-corrected chi connectivity index (χ3v) is 4.07. The van der Waals surface area contributed by atoms with Crippen LogP contribution in [0.2, 0.25) is 0 Å². The van der Waals surface area contributed by atoms with E-state index in [4.69, 9.17) is 4.74 Å². The molecule has 8 heteroatoms. The fraction of sp³-hybridized carbons (Fsp3) is 0.733. The molecule has 0 bridgehead atoms. The van der Waals surface area contributed by atoms with Gasteiger partial charge in [0.05, 0.1) is 32.0 Å². The van der Waals surface area contributed by atoms with Crippen LogP contribution in [-0.4, -0.2) is 60.7 Å². The van der Waals surface area contributed by atoms with Crippen molar-refractivity contribution in [2.75, 3.05) is 19.7 Å². The summed E-state index contributed by atoms with van der Waals surface area (Å²) in [6, 6.07) is 0. The Kier molecular flexibility index (Phi) is 5.35. The molecule has 2 aromatic heterocycles. The molecule has 0 amide bonds. The van der Waals surface area contributed by atoms with Crippen molar-refractivity contribution >= 4 is 0 Å². The van der Waals surface area contributed by atoms with E-state index in [0.29, 0.717) is 0 Å². The second kappa shape index (κ2) is 7.65. The van der Waals surface area contributed by atoms with E-state index in [0.717, 1.165) is 58.0 Å². The van der Waals surface area contributed by atoms with Crippen molar-refractivity contribution in [1.82, 2.24) is 34.9 Å². The summed E-state index contributed by atoms with van der Waals surface area (Å²) in [4.78, 5) is 2.36. The van der Waals surface area contributed by atoms with Crippen LogP contribution in [-0.2, 0) is 24.4 Å². The van der Waals surface area contributed by atoms with Gasteiger partial charge in [0.1, 0.15) is 0 Å². The quantitative estimate of drug-likeness (QED) is 0.754. The summed E-state index contributed by atoms with van der Waals surface area (Å²) in [5.74, 6) is 0.939. The largest absolute Gasteiger partial charge is 0.374 e. The van der Waals surface area contributed by atoms with Crippen molar-refractivity contribution in [2.24, 2.45) is 0 Å². The van der Waals surface area contributed by atoms with Crippen molar-refractivity contribution in [3.63, 3.8) is 0 Å². The number of hydrogen-bond donors (Lipinski definition) is 0. The first-order chi connectivity index (χ1) is 11.2. The van der Waals surface area contributed by atoms with Gasteiger partial charge in [-0.25, -0.2) is 4.68 Å². The normalized spacial score (nSPS) is 19.3. The van der Waals surface area contributed by atoms with Crippen LogP contribution in [0, 0.1) is 6.92 Å². The summed E-state index contributed by atoms with van der Waals surface area (Å²) < 4.78 is 9.75. The molecule has 3 rings (SSSR count). The molecule has 0 N–H and O–H groups in total. The molecule has 8 nitrogen and oxygen atoms in total. The summed E-state index contributed by atoms with van der Waals surface area (Å²) >= 11 is 0. The second-order valence-electron chi connectivity index (χ2n) is 6.14. The van der Waals surface area contributed by atoms with Crippen LogP contribution < -0.4 is 0 Å². The second-order valence-corrected chi connectivity index (χ2v) is 6.14. The maximum atomic E-state index is 5.87. The zero-order chi connectivity index (χ0) is 16.1. The summed E-state index contributed by atoms with van der Waals surface area (Å²) in [6.45, 7) is 9.19. The fourth-order valence-corrected chi connectivity index (χ4v) is 2.83. The maximum Gasteiger partial charge on any atom is 0.165 e.